The molecule has 0 aliphatic carbocycles. The van der Waals surface area contributed by atoms with Crippen molar-refractivity contribution in [1.82, 2.24) is 9.78 Å². The Morgan fingerprint density at radius 3 is 2.67 bits per heavy atom. The molecule has 0 bridgehead atoms. The van der Waals surface area contributed by atoms with E-state index in [9.17, 15) is 0 Å². The summed E-state index contributed by atoms with van der Waals surface area (Å²) in [5.41, 5.74) is 8.19. The highest BCUT2D eigenvalue weighted by atomic mass is 79.9. The molecule has 0 radical (unpaired) electrons. The van der Waals surface area contributed by atoms with Gasteiger partial charge in [-0.1, -0.05) is 33.8 Å². The molecule has 0 saturated carbocycles. The molecular formula is C13H16BrN3S. The number of aryl methyl sites for hydroxylation is 2. The summed E-state index contributed by atoms with van der Waals surface area (Å²) in [6.45, 7) is 4.00. The molecule has 5 heteroatoms. The molecule has 0 saturated heterocycles. The summed E-state index contributed by atoms with van der Waals surface area (Å²) in [5.74, 6) is 0. The molecule has 1 aromatic carbocycles. The van der Waals surface area contributed by atoms with E-state index in [2.05, 4.69) is 39.2 Å². The van der Waals surface area contributed by atoms with Crippen LogP contribution in [0.4, 0.5) is 0 Å². The van der Waals surface area contributed by atoms with Crippen molar-refractivity contribution in [3.05, 3.63) is 40.0 Å². The summed E-state index contributed by atoms with van der Waals surface area (Å²) >= 11 is 5.20. The van der Waals surface area contributed by atoms with Crippen molar-refractivity contribution in [2.24, 2.45) is 12.8 Å². The van der Waals surface area contributed by atoms with E-state index in [1.807, 2.05) is 31.6 Å². The average Bonchev–Trinajstić information content (AvgIpc) is 2.57. The highest BCUT2D eigenvalue weighted by Crippen LogP contribution is 2.34. The zero-order valence-corrected chi connectivity index (χ0v) is 13.0. The Morgan fingerprint density at radius 2 is 2.11 bits per heavy atom. The first kappa shape index (κ1) is 13.6. The SMILES string of the molecule is Cc1cc(Sc2cc(Br)ccc2C(C)N)n(C)n1. The van der Waals surface area contributed by atoms with Crippen LogP contribution in [0.3, 0.4) is 0 Å². The van der Waals surface area contributed by atoms with E-state index < -0.39 is 0 Å². The largest absolute Gasteiger partial charge is 0.324 e. The third kappa shape index (κ3) is 2.96. The molecule has 3 nitrogen and oxygen atoms in total. The highest BCUT2D eigenvalue weighted by Gasteiger charge is 2.11. The lowest BCUT2D eigenvalue weighted by Crippen LogP contribution is -2.06. The van der Waals surface area contributed by atoms with E-state index >= 15 is 0 Å². The molecule has 1 unspecified atom stereocenters. The van der Waals surface area contributed by atoms with Crippen LogP contribution in [0.1, 0.15) is 24.2 Å². The van der Waals surface area contributed by atoms with Gasteiger partial charge in [-0.25, -0.2) is 0 Å². The van der Waals surface area contributed by atoms with Crippen LogP contribution in [-0.2, 0) is 7.05 Å². The fourth-order valence-electron chi connectivity index (χ4n) is 1.77. The third-order valence-electron chi connectivity index (χ3n) is 2.64. The van der Waals surface area contributed by atoms with Crippen molar-refractivity contribution in [3.8, 4) is 0 Å². The predicted octanol–water partition coefficient (Wildman–Crippen LogP) is 3.66. The molecular weight excluding hydrogens is 310 g/mol. The van der Waals surface area contributed by atoms with Crippen LogP contribution in [-0.4, -0.2) is 9.78 Å². The van der Waals surface area contributed by atoms with Crippen LogP contribution < -0.4 is 5.73 Å². The number of nitrogens with two attached hydrogens (primary N) is 1. The van der Waals surface area contributed by atoms with E-state index in [1.54, 1.807) is 11.8 Å². The van der Waals surface area contributed by atoms with Crippen LogP contribution in [0.15, 0.2) is 38.7 Å². The standard InChI is InChI=1S/C13H16BrN3S/c1-8-6-13(17(3)16-8)18-12-7-10(14)4-5-11(12)9(2)15/h4-7,9H,15H2,1-3H3. The second kappa shape index (κ2) is 5.47. The number of halogens is 1. The summed E-state index contributed by atoms with van der Waals surface area (Å²) in [4.78, 5) is 1.17. The molecule has 2 N–H and O–H groups in total. The molecule has 2 aromatic rings. The minimum Gasteiger partial charge on any atom is -0.324 e. The van der Waals surface area contributed by atoms with Crippen molar-refractivity contribution in [1.29, 1.82) is 0 Å². The minimum absolute atomic E-state index is 0.0231. The summed E-state index contributed by atoms with van der Waals surface area (Å²) in [7, 11) is 1.96. The van der Waals surface area contributed by atoms with Gasteiger partial charge in [-0.05, 0) is 37.6 Å². The number of aromatic nitrogens is 2. The zero-order chi connectivity index (χ0) is 13.3. The second-order valence-corrected chi connectivity index (χ2v) is 6.30. The van der Waals surface area contributed by atoms with Gasteiger partial charge in [0.25, 0.3) is 0 Å². The quantitative estimate of drug-likeness (QED) is 0.936. The lowest BCUT2D eigenvalue weighted by Gasteiger charge is -2.12. The Bertz CT molecular complexity index is 563. The maximum Gasteiger partial charge on any atom is 0.0987 e. The molecule has 0 amide bonds. The Morgan fingerprint density at radius 1 is 1.39 bits per heavy atom. The molecule has 0 aliphatic rings. The molecule has 96 valence electrons. The minimum atomic E-state index is 0.0231. The Hall–Kier alpha value is -0.780. The fraction of sp³-hybridized carbons (Fsp3) is 0.308. The lowest BCUT2D eigenvalue weighted by atomic mass is 10.1. The van der Waals surface area contributed by atoms with Crippen LogP contribution in [0.2, 0.25) is 0 Å². The van der Waals surface area contributed by atoms with Gasteiger partial charge in [0.05, 0.1) is 10.7 Å². The Labute approximate surface area is 120 Å². The van der Waals surface area contributed by atoms with E-state index in [0.29, 0.717) is 0 Å². The smallest absolute Gasteiger partial charge is 0.0987 e. The van der Waals surface area contributed by atoms with Gasteiger partial charge in [-0.3, -0.25) is 4.68 Å². The maximum atomic E-state index is 6.01. The Kier molecular flexibility index (Phi) is 4.14. The number of nitrogens with zero attached hydrogens (tertiary/aromatic N) is 2. The van der Waals surface area contributed by atoms with Gasteiger partial charge in [-0.15, -0.1) is 0 Å². The Balaban J connectivity index is 2.38. The predicted molar refractivity (Wildman–Crippen MR) is 78.8 cm³/mol. The van der Waals surface area contributed by atoms with Crippen LogP contribution in [0, 0.1) is 6.92 Å². The van der Waals surface area contributed by atoms with Gasteiger partial charge in [0.15, 0.2) is 0 Å². The normalized spacial score (nSPS) is 12.7. The number of rotatable bonds is 3. The number of hydrogen-bond donors (Lipinski definition) is 1. The first-order valence-corrected chi connectivity index (χ1v) is 7.32. The molecule has 1 atom stereocenters. The van der Waals surface area contributed by atoms with Crippen molar-refractivity contribution in [3.63, 3.8) is 0 Å². The fourth-order valence-corrected chi connectivity index (χ4v) is 3.47. The van der Waals surface area contributed by atoms with Gasteiger partial charge in [-0.2, -0.15) is 5.10 Å². The molecule has 1 aromatic heterocycles. The van der Waals surface area contributed by atoms with Crippen molar-refractivity contribution in [2.45, 2.75) is 29.8 Å². The average molecular weight is 326 g/mol. The topological polar surface area (TPSA) is 43.8 Å². The van der Waals surface area contributed by atoms with E-state index in [1.165, 1.54) is 4.90 Å². The molecule has 0 spiro atoms. The summed E-state index contributed by atoms with van der Waals surface area (Å²) in [5, 5.41) is 5.48. The van der Waals surface area contributed by atoms with Crippen molar-refractivity contribution >= 4 is 27.7 Å². The van der Waals surface area contributed by atoms with E-state index in [-0.39, 0.29) is 6.04 Å². The third-order valence-corrected chi connectivity index (χ3v) is 4.30. The number of benzene rings is 1. The monoisotopic (exact) mass is 325 g/mol. The van der Waals surface area contributed by atoms with E-state index in [0.717, 1.165) is 20.8 Å². The summed E-state index contributed by atoms with van der Waals surface area (Å²) in [6.07, 6.45) is 0. The highest BCUT2D eigenvalue weighted by molar-refractivity contribution is 9.10. The molecule has 0 fully saturated rings. The molecule has 2 rings (SSSR count). The van der Waals surface area contributed by atoms with E-state index in [4.69, 9.17) is 5.73 Å². The first-order chi connectivity index (χ1) is 8.47. The molecule has 0 aliphatic heterocycles. The second-order valence-electron chi connectivity index (χ2n) is 4.32. The lowest BCUT2D eigenvalue weighted by molar-refractivity contribution is 0.692. The van der Waals surface area contributed by atoms with Crippen LogP contribution in [0.25, 0.3) is 0 Å². The van der Waals surface area contributed by atoms with Crippen molar-refractivity contribution in [2.75, 3.05) is 0 Å². The van der Waals surface area contributed by atoms with Gasteiger partial charge in [0.1, 0.15) is 0 Å². The first-order valence-electron chi connectivity index (χ1n) is 5.71. The van der Waals surface area contributed by atoms with Crippen LogP contribution in [0.5, 0.6) is 0 Å². The van der Waals surface area contributed by atoms with Crippen LogP contribution >= 0.6 is 27.7 Å². The van der Waals surface area contributed by atoms with Crippen molar-refractivity contribution < 1.29 is 0 Å². The summed E-state index contributed by atoms with van der Waals surface area (Å²) in [6, 6.07) is 8.30. The zero-order valence-electron chi connectivity index (χ0n) is 10.6. The number of hydrogen-bond acceptors (Lipinski definition) is 3. The van der Waals surface area contributed by atoms with Gasteiger partial charge >= 0.3 is 0 Å². The summed E-state index contributed by atoms with van der Waals surface area (Å²) < 4.78 is 2.96. The van der Waals surface area contributed by atoms with Gasteiger partial charge in [0, 0.05) is 22.5 Å². The molecule has 1 heterocycles. The van der Waals surface area contributed by atoms with Gasteiger partial charge in [0.2, 0.25) is 0 Å². The maximum absolute atomic E-state index is 6.01. The molecule has 18 heavy (non-hydrogen) atoms. The van der Waals surface area contributed by atoms with Gasteiger partial charge < -0.3 is 5.73 Å².